The van der Waals surface area contributed by atoms with Gasteiger partial charge in [0.25, 0.3) is 0 Å². The third-order valence-corrected chi connectivity index (χ3v) is 4.66. The highest BCUT2D eigenvalue weighted by Gasteiger charge is 2.39. The monoisotopic (exact) mass is 294 g/mol. The van der Waals surface area contributed by atoms with Crippen LogP contribution in [0.5, 0.6) is 0 Å². The molecule has 3 rings (SSSR count). The van der Waals surface area contributed by atoms with Crippen molar-refractivity contribution in [1.82, 2.24) is 10.5 Å². The van der Waals surface area contributed by atoms with Crippen molar-refractivity contribution in [1.29, 1.82) is 0 Å². The molecule has 5 nitrogen and oxygen atoms in total. The SMILES string of the molecule is COCc1cc(CC2(NCC3CCCCC3)COC2)no1. The summed E-state index contributed by atoms with van der Waals surface area (Å²) < 4.78 is 15.8. The first kappa shape index (κ1) is 15.0. The second-order valence-corrected chi connectivity index (χ2v) is 6.55. The molecular formula is C16H26N2O3. The highest BCUT2D eigenvalue weighted by Crippen LogP contribution is 2.26. The number of hydrogen-bond acceptors (Lipinski definition) is 5. The lowest BCUT2D eigenvalue weighted by Crippen LogP contribution is -2.62. The van der Waals surface area contributed by atoms with Gasteiger partial charge in [-0.3, -0.25) is 0 Å². The zero-order valence-electron chi connectivity index (χ0n) is 12.9. The highest BCUT2D eigenvalue weighted by molar-refractivity contribution is 5.12. The van der Waals surface area contributed by atoms with Crippen LogP contribution in [0.25, 0.3) is 0 Å². The van der Waals surface area contributed by atoms with E-state index in [4.69, 9.17) is 14.0 Å². The Labute approximate surface area is 126 Å². The molecule has 0 atom stereocenters. The summed E-state index contributed by atoms with van der Waals surface area (Å²) in [6.45, 7) is 3.12. The summed E-state index contributed by atoms with van der Waals surface area (Å²) in [6, 6.07) is 1.99. The van der Waals surface area contributed by atoms with Gasteiger partial charge in [-0.15, -0.1) is 0 Å². The van der Waals surface area contributed by atoms with Crippen LogP contribution in [0.3, 0.4) is 0 Å². The molecule has 1 aromatic rings. The van der Waals surface area contributed by atoms with E-state index >= 15 is 0 Å². The first-order chi connectivity index (χ1) is 10.3. The normalized spacial score (nSPS) is 22.1. The van der Waals surface area contributed by atoms with Gasteiger partial charge in [0.05, 0.1) is 24.4 Å². The van der Waals surface area contributed by atoms with E-state index in [1.807, 2.05) is 6.07 Å². The summed E-state index contributed by atoms with van der Waals surface area (Å²) in [5.41, 5.74) is 1.04. The Morgan fingerprint density at radius 3 is 2.81 bits per heavy atom. The molecule has 0 amide bonds. The largest absolute Gasteiger partial charge is 0.377 e. The average molecular weight is 294 g/mol. The lowest BCUT2D eigenvalue weighted by Gasteiger charge is -2.43. The highest BCUT2D eigenvalue weighted by atomic mass is 16.5. The zero-order valence-corrected chi connectivity index (χ0v) is 12.9. The molecule has 2 heterocycles. The fourth-order valence-corrected chi connectivity index (χ4v) is 3.36. The first-order valence-corrected chi connectivity index (χ1v) is 8.06. The third kappa shape index (κ3) is 3.84. The van der Waals surface area contributed by atoms with Crippen LogP contribution in [-0.4, -0.2) is 37.6 Å². The molecule has 1 aliphatic carbocycles. The molecule has 1 aromatic heterocycles. The fraction of sp³-hybridized carbons (Fsp3) is 0.812. The number of nitrogens with zero attached hydrogens (tertiary/aromatic N) is 1. The van der Waals surface area contributed by atoms with E-state index in [2.05, 4.69) is 10.5 Å². The topological polar surface area (TPSA) is 56.5 Å². The number of rotatable bonds is 7. The van der Waals surface area contributed by atoms with E-state index in [0.29, 0.717) is 6.61 Å². The van der Waals surface area contributed by atoms with Crippen molar-refractivity contribution in [3.8, 4) is 0 Å². The summed E-state index contributed by atoms with van der Waals surface area (Å²) in [5, 5.41) is 7.90. The Hall–Kier alpha value is -0.910. The minimum Gasteiger partial charge on any atom is -0.377 e. The van der Waals surface area contributed by atoms with Crippen molar-refractivity contribution in [3.63, 3.8) is 0 Å². The van der Waals surface area contributed by atoms with E-state index in [9.17, 15) is 0 Å². The molecule has 0 unspecified atom stereocenters. The first-order valence-electron chi connectivity index (χ1n) is 8.06. The van der Waals surface area contributed by atoms with Gasteiger partial charge in [-0.1, -0.05) is 24.4 Å². The molecule has 1 aliphatic heterocycles. The summed E-state index contributed by atoms with van der Waals surface area (Å²) in [7, 11) is 1.66. The molecule has 21 heavy (non-hydrogen) atoms. The molecule has 1 N–H and O–H groups in total. The minimum atomic E-state index is 0.0542. The van der Waals surface area contributed by atoms with Gasteiger partial charge in [-0.25, -0.2) is 0 Å². The van der Waals surface area contributed by atoms with E-state index in [1.165, 1.54) is 32.1 Å². The molecule has 0 bridgehead atoms. The van der Waals surface area contributed by atoms with Crippen LogP contribution in [0, 0.1) is 5.92 Å². The van der Waals surface area contributed by atoms with Gasteiger partial charge < -0.3 is 19.3 Å². The number of hydrogen-bond donors (Lipinski definition) is 1. The molecule has 0 spiro atoms. The van der Waals surface area contributed by atoms with Gasteiger partial charge >= 0.3 is 0 Å². The molecule has 2 fully saturated rings. The van der Waals surface area contributed by atoms with Crippen LogP contribution < -0.4 is 5.32 Å². The average Bonchev–Trinajstić information content (AvgIpc) is 2.90. The summed E-state index contributed by atoms with van der Waals surface area (Å²) in [6.07, 6.45) is 7.79. The van der Waals surface area contributed by atoms with Crippen molar-refractivity contribution >= 4 is 0 Å². The maximum Gasteiger partial charge on any atom is 0.162 e. The molecule has 0 aromatic carbocycles. The van der Waals surface area contributed by atoms with Gasteiger partial charge in [0.15, 0.2) is 5.76 Å². The number of aromatic nitrogens is 1. The maximum absolute atomic E-state index is 5.46. The van der Waals surface area contributed by atoms with E-state index in [1.54, 1.807) is 7.11 Å². The number of ether oxygens (including phenoxy) is 2. The second-order valence-electron chi connectivity index (χ2n) is 6.55. The number of nitrogens with one attached hydrogen (secondary N) is 1. The zero-order chi connectivity index (χ0) is 14.5. The van der Waals surface area contributed by atoms with Crippen LogP contribution in [0.4, 0.5) is 0 Å². The quantitative estimate of drug-likeness (QED) is 0.836. The second kappa shape index (κ2) is 6.90. The molecule has 1 saturated carbocycles. The number of methoxy groups -OCH3 is 1. The van der Waals surface area contributed by atoms with Crippen LogP contribution in [0.1, 0.15) is 43.6 Å². The van der Waals surface area contributed by atoms with Crippen LogP contribution in [-0.2, 0) is 22.5 Å². The van der Waals surface area contributed by atoms with Crippen molar-refractivity contribution < 1.29 is 14.0 Å². The van der Waals surface area contributed by atoms with Crippen LogP contribution >= 0.6 is 0 Å². The van der Waals surface area contributed by atoms with Crippen molar-refractivity contribution in [2.75, 3.05) is 26.9 Å². The smallest absolute Gasteiger partial charge is 0.162 e. The van der Waals surface area contributed by atoms with E-state index in [-0.39, 0.29) is 5.54 Å². The predicted molar refractivity (Wildman–Crippen MR) is 79.0 cm³/mol. The van der Waals surface area contributed by atoms with E-state index in [0.717, 1.165) is 43.6 Å². The Morgan fingerprint density at radius 1 is 1.33 bits per heavy atom. The lowest BCUT2D eigenvalue weighted by molar-refractivity contribution is -0.0764. The Bertz CT molecular complexity index is 436. The molecule has 118 valence electrons. The Morgan fingerprint density at radius 2 is 2.14 bits per heavy atom. The van der Waals surface area contributed by atoms with Gasteiger partial charge in [-0.2, -0.15) is 0 Å². The van der Waals surface area contributed by atoms with Gasteiger partial charge in [0, 0.05) is 19.6 Å². The standard InChI is InChI=1S/C16H26N2O3/c1-19-10-15-7-14(18-21-15)8-16(11-20-12-16)17-9-13-5-3-2-4-6-13/h7,13,17H,2-6,8-12H2,1H3. The van der Waals surface area contributed by atoms with Crippen molar-refractivity contribution in [3.05, 3.63) is 17.5 Å². The Kier molecular flexibility index (Phi) is 4.93. The summed E-state index contributed by atoms with van der Waals surface area (Å²) in [5.74, 6) is 1.62. The van der Waals surface area contributed by atoms with Gasteiger partial charge in [0.1, 0.15) is 6.61 Å². The molecule has 5 heteroatoms. The molecule has 1 saturated heterocycles. The summed E-state index contributed by atoms with van der Waals surface area (Å²) >= 11 is 0. The van der Waals surface area contributed by atoms with Gasteiger partial charge in [0.2, 0.25) is 0 Å². The van der Waals surface area contributed by atoms with Crippen molar-refractivity contribution in [2.24, 2.45) is 5.92 Å². The third-order valence-electron chi connectivity index (χ3n) is 4.66. The molecule has 2 aliphatic rings. The van der Waals surface area contributed by atoms with Gasteiger partial charge in [-0.05, 0) is 25.3 Å². The van der Waals surface area contributed by atoms with Crippen LogP contribution in [0.15, 0.2) is 10.6 Å². The van der Waals surface area contributed by atoms with E-state index < -0.39 is 0 Å². The predicted octanol–water partition coefficient (Wildman–Crippen LogP) is 2.30. The maximum atomic E-state index is 5.46. The molecular weight excluding hydrogens is 268 g/mol. The lowest BCUT2D eigenvalue weighted by atomic mass is 9.86. The summed E-state index contributed by atoms with van der Waals surface area (Å²) in [4.78, 5) is 0. The van der Waals surface area contributed by atoms with Crippen LogP contribution in [0.2, 0.25) is 0 Å². The van der Waals surface area contributed by atoms with Crippen molar-refractivity contribution in [2.45, 2.75) is 50.7 Å². The Balaban J connectivity index is 1.52. The molecule has 0 radical (unpaired) electrons. The fourth-order valence-electron chi connectivity index (χ4n) is 3.36. The minimum absolute atomic E-state index is 0.0542.